The average Bonchev–Trinajstić information content (AvgIpc) is 2.56. The fourth-order valence-corrected chi connectivity index (χ4v) is 1.63. The summed E-state index contributed by atoms with van der Waals surface area (Å²) in [6, 6.07) is 0. The first kappa shape index (κ1) is 13.6. The van der Waals surface area contributed by atoms with Gasteiger partial charge in [-0.25, -0.2) is 4.79 Å². The molecule has 0 aromatic carbocycles. The Morgan fingerprint density at radius 2 is 2.29 bits per heavy atom. The molecule has 0 spiro atoms. The number of nitrogens with zero attached hydrogens (tertiary/aromatic N) is 4. The zero-order chi connectivity index (χ0) is 13.1. The first-order valence-electron chi connectivity index (χ1n) is 5.47. The van der Waals surface area contributed by atoms with Crippen LogP contribution in [0, 0.1) is 0 Å². The number of azide groups is 1. The normalized spacial score (nSPS) is 24.4. The van der Waals surface area contributed by atoms with Crippen LogP contribution in [0.4, 0.5) is 4.79 Å². The van der Waals surface area contributed by atoms with Gasteiger partial charge < -0.3 is 14.7 Å². The van der Waals surface area contributed by atoms with Gasteiger partial charge in [0.2, 0.25) is 0 Å². The Labute approximate surface area is 100.0 Å². The number of aliphatic hydroxyl groups is 1. The molecule has 7 heteroatoms. The summed E-state index contributed by atoms with van der Waals surface area (Å²) < 4.78 is 5.19. The predicted molar refractivity (Wildman–Crippen MR) is 61.4 cm³/mol. The van der Waals surface area contributed by atoms with Crippen LogP contribution < -0.4 is 0 Å². The summed E-state index contributed by atoms with van der Waals surface area (Å²) in [4.78, 5) is 15.7. The maximum Gasteiger partial charge on any atom is 0.410 e. The summed E-state index contributed by atoms with van der Waals surface area (Å²) in [5, 5.41) is 13.4. The van der Waals surface area contributed by atoms with E-state index in [4.69, 9.17) is 10.3 Å². The monoisotopic (exact) mass is 242 g/mol. The number of amides is 1. The third kappa shape index (κ3) is 4.13. The highest BCUT2D eigenvalue weighted by atomic mass is 16.6. The van der Waals surface area contributed by atoms with Crippen molar-refractivity contribution in [3.63, 3.8) is 0 Å². The second-order valence-corrected chi connectivity index (χ2v) is 5.27. The molecule has 96 valence electrons. The maximum atomic E-state index is 11.7. The van der Waals surface area contributed by atoms with Crippen molar-refractivity contribution >= 4 is 6.09 Å². The Kier molecular flexibility index (Phi) is 3.85. The summed E-state index contributed by atoms with van der Waals surface area (Å²) in [6.07, 6.45) is -0.0556. The van der Waals surface area contributed by atoms with E-state index in [1.165, 1.54) is 4.90 Å². The van der Waals surface area contributed by atoms with Crippen molar-refractivity contribution in [2.24, 2.45) is 5.11 Å². The summed E-state index contributed by atoms with van der Waals surface area (Å²) in [7, 11) is 0. The van der Waals surface area contributed by atoms with Gasteiger partial charge >= 0.3 is 6.09 Å². The number of ether oxygens (including phenoxy) is 1. The third-order valence-corrected chi connectivity index (χ3v) is 2.41. The second kappa shape index (κ2) is 4.81. The highest BCUT2D eigenvalue weighted by Crippen LogP contribution is 2.23. The molecule has 1 N–H and O–H groups in total. The summed E-state index contributed by atoms with van der Waals surface area (Å²) in [6.45, 7) is 5.88. The molecule has 0 aromatic heterocycles. The lowest BCUT2D eigenvalue weighted by molar-refractivity contribution is 0.0175. The molecule has 0 aromatic rings. The van der Waals surface area contributed by atoms with E-state index in [2.05, 4.69) is 10.0 Å². The lowest BCUT2D eigenvalue weighted by Crippen LogP contribution is -2.40. The number of carbonyl (C=O) groups excluding carboxylic acids is 1. The Morgan fingerprint density at radius 3 is 2.82 bits per heavy atom. The predicted octanol–water partition coefficient (Wildman–Crippen LogP) is 1.67. The standard InChI is InChI=1S/C10H18N4O3/c1-9(2,3)17-8(15)14-5-4-10(16,7-14)6-12-13-11/h16H,4-7H2,1-3H3. The molecule has 7 nitrogen and oxygen atoms in total. The van der Waals surface area contributed by atoms with Crippen LogP contribution in [0.3, 0.4) is 0 Å². The van der Waals surface area contributed by atoms with Gasteiger partial charge in [-0.05, 0) is 32.7 Å². The zero-order valence-electron chi connectivity index (χ0n) is 10.4. The lowest BCUT2D eigenvalue weighted by atomic mass is 10.0. The topological polar surface area (TPSA) is 98.5 Å². The van der Waals surface area contributed by atoms with Gasteiger partial charge in [0, 0.05) is 11.5 Å². The van der Waals surface area contributed by atoms with E-state index in [0.29, 0.717) is 13.0 Å². The van der Waals surface area contributed by atoms with E-state index >= 15 is 0 Å². The number of β-amino-alcohol motifs (C(OH)–C–C–N with tert-alkyl or cyclic N) is 1. The van der Waals surface area contributed by atoms with Gasteiger partial charge in [0.1, 0.15) is 5.60 Å². The van der Waals surface area contributed by atoms with Gasteiger partial charge in [-0.1, -0.05) is 5.11 Å². The molecule has 1 unspecified atom stereocenters. The van der Waals surface area contributed by atoms with Gasteiger partial charge in [-0.15, -0.1) is 0 Å². The Bertz CT molecular complexity index is 346. The van der Waals surface area contributed by atoms with Crippen molar-refractivity contribution in [1.82, 2.24) is 4.90 Å². The molecule has 1 aliphatic heterocycles. The minimum absolute atomic E-state index is 0.0250. The van der Waals surface area contributed by atoms with E-state index < -0.39 is 17.3 Å². The molecule has 1 aliphatic rings. The second-order valence-electron chi connectivity index (χ2n) is 5.27. The minimum Gasteiger partial charge on any atom is -0.444 e. The molecule has 17 heavy (non-hydrogen) atoms. The van der Waals surface area contributed by atoms with Crippen molar-refractivity contribution < 1.29 is 14.6 Å². The quantitative estimate of drug-likeness (QED) is 0.453. The molecule has 1 fully saturated rings. The van der Waals surface area contributed by atoms with Crippen LogP contribution in [0.15, 0.2) is 5.11 Å². The van der Waals surface area contributed by atoms with Gasteiger partial charge in [0.05, 0.1) is 18.7 Å². The first-order valence-corrected chi connectivity index (χ1v) is 5.47. The fraction of sp³-hybridized carbons (Fsp3) is 0.900. The van der Waals surface area contributed by atoms with Crippen LogP contribution in [-0.4, -0.2) is 46.9 Å². The Balaban J connectivity index is 2.55. The molecule has 1 rings (SSSR count). The van der Waals surface area contributed by atoms with Gasteiger partial charge in [-0.2, -0.15) is 0 Å². The maximum absolute atomic E-state index is 11.7. The number of rotatable bonds is 2. The van der Waals surface area contributed by atoms with Crippen LogP contribution in [0.5, 0.6) is 0 Å². The Hall–Kier alpha value is -1.46. The van der Waals surface area contributed by atoms with Crippen molar-refractivity contribution in [1.29, 1.82) is 0 Å². The van der Waals surface area contributed by atoms with E-state index in [1.54, 1.807) is 20.8 Å². The number of hydrogen-bond donors (Lipinski definition) is 1. The molecule has 1 saturated heterocycles. The smallest absolute Gasteiger partial charge is 0.410 e. The minimum atomic E-state index is -1.12. The average molecular weight is 242 g/mol. The number of likely N-dealkylation sites (tertiary alicyclic amines) is 1. The van der Waals surface area contributed by atoms with E-state index in [-0.39, 0.29) is 13.1 Å². The summed E-state index contributed by atoms with van der Waals surface area (Å²) >= 11 is 0. The van der Waals surface area contributed by atoms with E-state index in [0.717, 1.165) is 0 Å². The van der Waals surface area contributed by atoms with Crippen LogP contribution >= 0.6 is 0 Å². The molecule has 1 heterocycles. The highest BCUT2D eigenvalue weighted by molar-refractivity contribution is 5.68. The highest BCUT2D eigenvalue weighted by Gasteiger charge is 2.39. The molecular formula is C10H18N4O3. The summed E-state index contributed by atoms with van der Waals surface area (Å²) in [5.74, 6) is 0. The molecule has 1 amide bonds. The molecule has 0 bridgehead atoms. The zero-order valence-corrected chi connectivity index (χ0v) is 10.4. The fourth-order valence-electron chi connectivity index (χ4n) is 1.63. The molecule has 1 atom stereocenters. The van der Waals surface area contributed by atoms with Crippen molar-refractivity contribution in [2.45, 2.75) is 38.4 Å². The molecular weight excluding hydrogens is 224 g/mol. The van der Waals surface area contributed by atoms with Crippen molar-refractivity contribution in [3.05, 3.63) is 10.4 Å². The largest absolute Gasteiger partial charge is 0.444 e. The molecule has 0 aliphatic carbocycles. The number of carbonyl (C=O) groups is 1. The van der Waals surface area contributed by atoms with E-state index in [1.807, 2.05) is 0 Å². The van der Waals surface area contributed by atoms with Gasteiger partial charge in [-0.3, -0.25) is 0 Å². The molecule has 0 radical (unpaired) electrons. The van der Waals surface area contributed by atoms with Gasteiger partial charge in [0.25, 0.3) is 0 Å². The molecule has 0 saturated carbocycles. The van der Waals surface area contributed by atoms with Crippen molar-refractivity contribution in [2.75, 3.05) is 19.6 Å². The van der Waals surface area contributed by atoms with E-state index in [9.17, 15) is 9.90 Å². The van der Waals surface area contributed by atoms with Crippen LogP contribution in [0.1, 0.15) is 27.2 Å². The van der Waals surface area contributed by atoms with Crippen molar-refractivity contribution in [3.8, 4) is 0 Å². The Morgan fingerprint density at radius 1 is 1.65 bits per heavy atom. The third-order valence-electron chi connectivity index (χ3n) is 2.41. The first-order chi connectivity index (χ1) is 7.76. The SMILES string of the molecule is CC(C)(C)OC(=O)N1CCC(O)(CN=[N+]=[N-])C1. The summed E-state index contributed by atoms with van der Waals surface area (Å²) in [5.41, 5.74) is 6.54. The lowest BCUT2D eigenvalue weighted by Gasteiger charge is -2.25. The number of hydrogen-bond acceptors (Lipinski definition) is 4. The van der Waals surface area contributed by atoms with Crippen LogP contribution in [0.2, 0.25) is 0 Å². The van der Waals surface area contributed by atoms with Crippen LogP contribution in [0.25, 0.3) is 10.4 Å². The van der Waals surface area contributed by atoms with Gasteiger partial charge in [0.15, 0.2) is 0 Å². The van der Waals surface area contributed by atoms with Crippen LogP contribution in [-0.2, 0) is 4.74 Å².